The molecule has 36 heavy (non-hydrogen) atoms. The van der Waals surface area contributed by atoms with Crippen LogP contribution in [0.2, 0.25) is 0 Å². The molecule has 2 fully saturated rings. The summed E-state index contributed by atoms with van der Waals surface area (Å²) in [5, 5.41) is 2.28. The number of amides is 4. The SMILES string of the molecule is O=C1CCC(N2Cc3c(cc(F)cc3N3CCN(C(=O)c4cnc5ccccn45)CC3)C2=O)C(=O)N1. The molecule has 1 unspecified atom stereocenters. The number of anilines is 1. The number of fused-ring (bicyclic) bond motifs is 2. The number of nitrogens with one attached hydrogen (secondary N) is 1. The van der Waals surface area contributed by atoms with E-state index in [4.69, 9.17) is 0 Å². The monoisotopic (exact) mass is 490 g/mol. The van der Waals surface area contributed by atoms with E-state index in [1.807, 2.05) is 23.1 Å². The van der Waals surface area contributed by atoms with Crippen LogP contribution in [-0.2, 0) is 16.1 Å². The molecule has 4 amide bonds. The van der Waals surface area contributed by atoms with Crippen LogP contribution in [0.3, 0.4) is 0 Å². The molecule has 1 aromatic carbocycles. The average molecular weight is 490 g/mol. The number of benzene rings is 1. The fraction of sp³-hybridized carbons (Fsp3) is 0.320. The van der Waals surface area contributed by atoms with Gasteiger partial charge >= 0.3 is 0 Å². The fourth-order valence-corrected chi connectivity index (χ4v) is 5.29. The smallest absolute Gasteiger partial charge is 0.272 e. The molecule has 10 nitrogen and oxygen atoms in total. The van der Waals surface area contributed by atoms with Gasteiger partial charge in [0.15, 0.2) is 0 Å². The van der Waals surface area contributed by atoms with Gasteiger partial charge in [-0.05, 0) is 30.7 Å². The number of piperazine rings is 1. The molecule has 1 N–H and O–H groups in total. The first-order valence-corrected chi connectivity index (χ1v) is 11.8. The van der Waals surface area contributed by atoms with E-state index in [1.54, 1.807) is 21.7 Å². The average Bonchev–Trinajstić information content (AvgIpc) is 3.45. The summed E-state index contributed by atoms with van der Waals surface area (Å²) in [6, 6.07) is 7.38. The van der Waals surface area contributed by atoms with Gasteiger partial charge in [0.05, 0.1) is 6.20 Å². The van der Waals surface area contributed by atoms with E-state index >= 15 is 0 Å². The third-order valence-corrected chi connectivity index (χ3v) is 7.14. The first-order valence-electron chi connectivity index (χ1n) is 11.8. The normalized spacial score (nSPS) is 20.2. The third kappa shape index (κ3) is 3.58. The van der Waals surface area contributed by atoms with Crippen LogP contribution < -0.4 is 10.2 Å². The molecule has 184 valence electrons. The molecule has 11 heteroatoms. The van der Waals surface area contributed by atoms with E-state index in [0.29, 0.717) is 48.8 Å². The molecular formula is C25H23FN6O4. The van der Waals surface area contributed by atoms with E-state index in [0.717, 1.165) is 0 Å². The molecule has 2 saturated heterocycles. The molecule has 0 spiro atoms. The Kier molecular flexibility index (Phi) is 5.20. The number of halogens is 1. The Morgan fingerprint density at radius 3 is 2.67 bits per heavy atom. The number of piperidine rings is 1. The van der Waals surface area contributed by atoms with Gasteiger partial charge in [-0.1, -0.05) is 6.07 Å². The summed E-state index contributed by atoms with van der Waals surface area (Å²) in [6.07, 6.45) is 3.76. The van der Waals surface area contributed by atoms with Crippen molar-refractivity contribution in [3.8, 4) is 0 Å². The number of hydrogen-bond donors (Lipinski definition) is 1. The van der Waals surface area contributed by atoms with Gasteiger partial charge in [0.2, 0.25) is 11.8 Å². The summed E-state index contributed by atoms with van der Waals surface area (Å²) in [7, 11) is 0. The topological polar surface area (TPSA) is 107 Å². The van der Waals surface area contributed by atoms with Crippen molar-refractivity contribution in [2.75, 3.05) is 31.1 Å². The zero-order valence-corrected chi connectivity index (χ0v) is 19.3. The Hall–Kier alpha value is -4.28. The Morgan fingerprint density at radius 1 is 1.08 bits per heavy atom. The second kappa shape index (κ2) is 8.43. The molecule has 1 atom stereocenters. The summed E-state index contributed by atoms with van der Waals surface area (Å²) in [5.74, 6) is -1.94. The van der Waals surface area contributed by atoms with E-state index in [1.165, 1.54) is 17.0 Å². The Bertz CT molecular complexity index is 1430. The molecule has 3 aliphatic rings. The maximum atomic E-state index is 14.6. The lowest BCUT2D eigenvalue weighted by atomic mass is 10.0. The quantitative estimate of drug-likeness (QED) is 0.553. The van der Waals surface area contributed by atoms with Gasteiger partial charge in [0.1, 0.15) is 23.2 Å². The number of imidazole rings is 1. The lowest BCUT2D eigenvalue weighted by Crippen LogP contribution is -2.52. The predicted molar refractivity (Wildman–Crippen MR) is 126 cm³/mol. The summed E-state index contributed by atoms with van der Waals surface area (Å²) < 4.78 is 16.3. The highest BCUT2D eigenvalue weighted by molar-refractivity contribution is 6.06. The number of rotatable bonds is 3. The van der Waals surface area contributed by atoms with Crippen LogP contribution in [0.25, 0.3) is 5.65 Å². The maximum Gasteiger partial charge on any atom is 0.272 e. The van der Waals surface area contributed by atoms with Crippen molar-refractivity contribution < 1.29 is 23.6 Å². The summed E-state index contributed by atoms with van der Waals surface area (Å²) >= 11 is 0. The van der Waals surface area contributed by atoms with Crippen LogP contribution in [0, 0.1) is 5.82 Å². The zero-order valence-electron chi connectivity index (χ0n) is 19.3. The van der Waals surface area contributed by atoms with E-state index in [2.05, 4.69) is 10.3 Å². The van der Waals surface area contributed by atoms with E-state index < -0.39 is 23.7 Å². The molecule has 0 bridgehead atoms. The highest BCUT2D eigenvalue weighted by atomic mass is 19.1. The maximum absolute atomic E-state index is 14.6. The number of carbonyl (C=O) groups is 4. The van der Waals surface area contributed by atoms with Crippen molar-refractivity contribution >= 4 is 35.0 Å². The molecule has 2 aromatic heterocycles. The van der Waals surface area contributed by atoms with Gasteiger partial charge in [-0.3, -0.25) is 28.9 Å². The Morgan fingerprint density at radius 2 is 1.89 bits per heavy atom. The second-order valence-electron chi connectivity index (χ2n) is 9.20. The van der Waals surface area contributed by atoms with Gasteiger partial charge in [0, 0.05) is 62.2 Å². The van der Waals surface area contributed by atoms with Crippen molar-refractivity contribution in [1.82, 2.24) is 24.5 Å². The van der Waals surface area contributed by atoms with Crippen LogP contribution in [0.4, 0.5) is 10.1 Å². The van der Waals surface area contributed by atoms with Crippen LogP contribution in [0.1, 0.15) is 39.3 Å². The number of hydrogen-bond acceptors (Lipinski definition) is 6. The Balaban J connectivity index is 1.20. The Labute approximate surface area is 205 Å². The van der Waals surface area contributed by atoms with Crippen LogP contribution in [-0.4, -0.2) is 75.0 Å². The highest BCUT2D eigenvalue weighted by Gasteiger charge is 2.41. The lowest BCUT2D eigenvalue weighted by Gasteiger charge is -2.37. The minimum atomic E-state index is -0.765. The van der Waals surface area contributed by atoms with Crippen molar-refractivity contribution in [1.29, 1.82) is 0 Å². The first kappa shape index (κ1) is 22.2. The van der Waals surface area contributed by atoms with E-state index in [-0.39, 0.29) is 36.8 Å². The van der Waals surface area contributed by atoms with Gasteiger partial charge in [-0.15, -0.1) is 0 Å². The molecule has 3 aliphatic heterocycles. The van der Waals surface area contributed by atoms with Crippen molar-refractivity contribution in [3.63, 3.8) is 0 Å². The van der Waals surface area contributed by atoms with E-state index in [9.17, 15) is 23.6 Å². The summed E-state index contributed by atoms with van der Waals surface area (Å²) in [6.45, 7) is 1.94. The lowest BCUT2D eigenvalue weighted by molar-refractivity contribution is -0.136. The molecule has 6 rings (SSSR count). The number of pyridine rings is 1. The van der Waals surface area contributed by atoms with Crippen molar-refractivity contribution in [2.45, 2.75) is 25.4 Å². The van der Waals surface area contributed by atoms with Crippen molar-refractivity contribution in [3.05, 3.63) is 65.4 Å². The van der Waals surface area contributed by atoms with Gasteiger partial charge in [0.25, 0.3) is 11.8 Å². The van der Waals surface area contributed by atoms with Crippen LogP contribution >= 0.6 is 0 Å². The number of aromatic nitrogens is 2. The summed E-state index contributed by atoms with van der Waals surface area (Å²) in [4.78, 5) is 59.6. The largest absolute Gasteiger partial charge is 0.368 e. The van der Waals surface area contributed by atoms with Crippen LogP contribution in [0.15, 0.2) is 42.7 Å². The number of nitrogens with zero attached hydrogens (tertiary/aromatic N) is 5. The molecule has 0 saturated carbocycles. The molecule has 3 aromatic rings. The highest BCUT2D eigenvalue weighted by Crippen LogP contribution is 2.35. The standard InChI is InChI=1S/C25H23FN6O4/c26-15-11-16-17(14-32(24(16)35)18-4-5-22(33)28-23(18)34)19(12-15)29-7-9-30(10-8-29)25(36)20-13-27-21-3-1-2-6-31(20)21/h1-3,6,11-13,18H,4-5,7-10,14H2,(H,28,33,34). The minimum Gasteiger partial charge on any atom is -0.368 e. The minimum absolute atomic E-state index is 0.128. The predicted octanol–water partition coefficient (Wildman–Crippen LogP) is 1.20. The first-order chi connectivity index (χ1) is 17.4. The molecule has 0 radical (unpaired) electrons. The molecule has 0 aliphatic carbocycles. The van der Waals surface area contributed by atoms with Gasteiger partial charge in [-0.2, -0.15) is 0 Å². The zero-order chi connectivity index (χ0) is 25.0. The van der Waals surface area contributed by atoms with Crippen molar-refractivity contribution in [2.24, 2.45) is 0 Å². The molecular weight excluding hydrogens is 467 g/mol. The second-order valence-corrected chi connectivity index (χ2v) is 9.20. The fourth-order valence-electron chi connectivity index (χ4n) is 5.29. The molecule has 5 heterocycles. The van der Waals surface area contributed by atoms with Crippen LogP contribution in [0.5, 0.6) is 0 Å². The number of carbonyl (C=O) groups excluding carboxylic acids is 4. The summed E-state index contributed by atoms with van der Waals surface area (Å²) in [5.41, 5.74) is 2.66. The third-order valence-electron chi connectivity index (χ3n) is 7.14. The number of imide groups is 1. The van der Waals surface area contributed by atoms with Gasteiger partial charge in [-0.25, -0.2) is 9.37 Å². The van der Waals surface area contributed by atoms with Gasteiger partial charge < -0.3 is 14.7 Å².